The van der Waals surface area contributed by atoms with Gasteiger partial charge in [0.25, 0.3) is 0 Å². The fourth-order valence-electron chi connectivity index (χ4n) is 1.24. The van der Waals surface area contributed by atoms with Crippen molar-refractivity contribution in [1.82, 2.24) is 14.8 Å². The van der Waals surface area contributed by atoms with Crippen LogP contribution in [0.3, 0.4) is 0 Å². The van der Waals surface area contributed by atoms with E-state index in [0.29, 0.717) is 0 Å². The molecule has 0 saturated heterocycles. The van der Waals surface area contributed by atoms with Gasteiger partial charge in [0.05, 0.1) is 0 Å². The highest BCUT2D eigenvalue weighted by Crippen LogP contribution is 2.10. The second-order valence-corrected chi connectivity index (χ2v) is 3.47. The predicted molar refractivity (Wildman–Crippen MR) is 62.4 cm³/mol. The molecule has 5 heteroatoms. The summed E-state index contributed by atoms with van der Waals surface area (Å²) >= 11 is 5.78. The molecular weight excluding hydrogens is 233 g/mol. The predicted octanol–water partition coefficient (Wildman–Crippen LogP) is 2.60. The summed E-state index contributed by atoms with van der Waals surface area (Å²) in [6.45, 7) is 0.849. The van der Waals surface area contributed by atoms with E-state index in [-0.39, 0.29) is 12.4 Å². The molecule has 2 rings (SSSR count). The third-order valence-corrected chi connectivity index (χ3v) is 2.26. The summed E-state index contributed by atoms with van der Waals surface area (Å²) in [5.74, 6) is 0. The van der Waals surface area contributed by atoms with Gasteiger partial charge in [0.15, 0.2) is 0 Å². The van der Waals surface area contributed by atoms with Gasteiger partial charge in [-0.1, -0.05) is 23.7 Å². The van der Waals surface area contributed by atoms with Crippen molar-refractivity contribution in [2.24, 2.45) is 0 Å². The Balaban J connectivity index is 0.00000112. The van der Waals surface area contributed by atoms with Crippen LogP contribution < -0.4 is 0 Å². The number of nitrogens with zero attached hydrogens (tertiary/aromatic N) is 3. The number of benzene rings is 1. The third-order valence-electron chi connectivity index (χ3n) is 2.01. The molecule has 0 aliphatic rings. The number of rotatable bonds is 3. The molecule has 1 aromatic carbocycles. The third kappa shape index (κ3) is 3.53. The lowest BCUT2D eigenvalue weighted by Crippen LogP contribution is -2.01. The molecule has 1 heterocycles. The van der Waals surface area contributed by atoms with Gasteiger partial charge in [-0.3, -0.25) is 4.68 Å². The molecule has 2 aromatic rings. The van der Waals surface area contributed by atoms with Crippen molar-refractivity contribution < 1.29 is 0 Å². The van der Waals surface area contributed by atoms with E-state index in [1.165, 1.54) is 5.56 Å². The Morgan fingerprint density at radius 2 is 1.93 bits per heavy atom. The Morgan fingerprint density at radius 1 is 1.20 bits per heavy atom. The normalized spacial score (nSPS) is 9.67. The van der Waals surface area contributed by atoms with E-state index in [1.807, 2.05) is 28.9 Å². The molecule has 3 nitrogen and oxygen atoms in total. The SMILES string of the molecule is Cl.Clc1ccc(CCn2cncn2)cc1. The maximum Gasteiger partial charge on any atom is 0.137 e. The van der Waals surface area contributed by atoms with Crippen LogP contribution in [-0.4, -0.2) is 14.8 Å². The molecule has 0 fully saturated rings. The summed E-state index contributed by atoms with van der Waals surface area (Å²) in [5, 5.41) is 4.80. The maximum atomic E-state index is 5.78. The molecule has 0 atom stereocenters. The Bertz CT molecular complexity index is 384. The Kier molecular flexibility index (Phi) is 4.59. The van der Waals surface area contributed by atoms with E-state index in [1.54, 1.807) is 12.7 Å². The van der Waals surface area contributed by atoms with Gasteiger partial charge in [-0.2, -0.15) is 5.10 Å². The molecule has 0 bridgehead atoms. The molecule has 0 aliphatic carbocycles. The van der Waals surface area contributed by atoms with Gasteiger partial charge in [-0.05, 0) is 24.1 Å². The van der Waals surface area contributed by atoms with E-state index >= 15 is 0 Å². The van der Waals surface area contributed by atoms with Gasteiger partial charge in [0, 0.05) is 11.6 Å². The zero-order chi connectivity index (χ0) is 9.80. The Hall–Kier alpha value is -1.06. The van der Waals surface area contributed by atoms with Crippen LogP contribution in [0, 0.1) is 0 Å². The van der Waals surface area contributed by atoms with Crippen LogP contribution in [0.5, 0.6) is 0 Å². The fourth-order valence-corrected chi connectivity index (χ4v) is 1.37. The van der Waals surface area contributed by atoms with Crippen LogP contribution in [0.4, 0.5) is 0 Å². The molecule has 0 N–H and O–H groups in total. The largest absolute Gasteiger partial charge is 0.253 e. The summed E-state index contributed by atoms with van der Waals surface area (Å²) in [7, 11) is 0. The second kappa shape index (κ2) is 5.73. The Labute approximate surface area is 99.5 Å². The first-order valence-corrected chi connectivity index (χ1v) is 4.79. The lowest BCUT2D eigenvalue weighted by atomic mass is 10.1. The van der Waals surface area contributed by atoms with Crippen LogP contribution in [-0.2, 0) is 13.0 Å². The highest BCUT2D eigenvalue weighted by Gasteiger charge is 1.95. The summed E-state index contributed by atoms with van der Waals surface area (Å²) in [6, 6.07) is 7.86. The number of aromatic nitrogens is 3. The van der Waals surface area contributed by atoms with Crippen LogP contribution in [0.15, 0.2) is 36.9 Å². The van der Waals surface area contributed by atoms with Gasteiger partial charge < -0.3 is 0 Å². The van der Waals surface area contributed by atoms with E-state index in [4.69, 9.17) is 11.6 Å². The smallest absolute Gasteiger partial charge is 0.137 e. The van der Waals surface area contributed by atoms with Crippen LogP contribution in [0.1, 0.15) is 5.56 Å². The molecule has 1 aromatic heterocycles. The summed E-state index contributed by atoms with van der Waals surface area (Å²) in [4.78, 5) is 3.88. The van der Waals surface area contributed by atoms with E-state index in [9.17, 15) is 0 Å². The van der Waals surface area contributed by atoms with Crippen LogP contribution in [0.2, 0.25) is 5.02 Å². The first kappa shape index (κ1) is 12.0. The minimum absolute atomic E-state index is 0. The van der Waals surface area contributed by atoms with Crippen molar-refractivity contribution >= 4 is 24.0 Å². The summed E-state index contributed by atoms with van der Waals surface area (Å²) in [5.41, 5.74) is 1.25. The summed E-state index contributed by atoms with van der Waals surface area (Å²) < 4.78 is 1.81. The molecule has 0 aliphatic heterocycles. The maximum absolute atomic E-state index is 5.78. The van der Waals surface area contributed by atoms with Crippen molar-refractivity contribution in [3.05, 3.63) is 47.5 Å². The number of aryl methyl sites for hydroxylation is 2. The van der Waals surface area contributed by atoms with Gasteiger partial charge in [0.2, 0.25) is 0 Å². The minimum atomic E-state index is 0. The fraction of sp³-hybridized carbons (Fsp3) is 0.200. The average Bonchev–Trinajstić information content (AvgIpc) is 2.70. The van der Waals surface area contributed by atoms with Crippen molar-refractivity contribution in [2.45, 2.75) is 13.0 Å². The lowest BCUT2D eigenvalue weighted by Gasteiger charge is -2.01. The lowest BCUT2D eigenvalue weighted by molar-refractivity contribution is 0.613. The van der Waals surface area contributed by atoms with Crippen molar-refractivity contribution in [3.8, 4) is 0 Å². The Morgan fingerprint density at radius 3 is 2.53 bits per heavy atom. The highest BCUT2D eigenvalue weighted by atomic mass is 35.5. The number of hydrogen-bond donors (Lipinski definition) is 0. The topological polar surface area (TPSA) is 30.7 Å². The van der Waals surface area contributed by atoms with Crippen molar-refractivity contribution in [2.75, 3.05) is 0 Å². The monoisotopic (exact) mass is 243 g/mol. The van der Waals surface area contributed by atoms with Crippen molar-refractivity contribution in [3.63, 3.8) is 0 Å². The second-order valence-electron chi connectivity index (χ2n) is 3.04. The first-order chi connectivity index (χ1) is 6.84. The number of halogens is 2. The number of hydrogen-bond acceptors (Lipinski definition) is 2. The first-order valence-electron chi connectivity index (χ1n) is 4.41. The van der Waals surface area contributed by atoms with E-state index < -0.39 is 0 Å². The van der Waals surface area contributed by atoms with Gasteiger partial charge in [-0.15, -0.1) is 12.4 Å². The molecular formula is C10H11Cl2N3. The molecule has 0 unspecified atom stereocenters. The molecule has 0 amide bonds. The van der Waals surface area contributed by atoms with Gasteiger partial charge in [-0.25, -0.2) is 4.98 Å². The van der Waals surface area contributed by atoms with Crippen LogP contribution >= 0.6 is 24.0 Å². The molecule has 80 valence electrons. The van der Waals surface area contributed by atoms with Gasteiger partial charge in [0.1, 0.15) is 12.7 Å². The van der Waals surface area contributed by atoms with E-state index in [2.05, 4.69) is 10.1 Å². The van der Waals surface area contributed by atoms with Crippen molar-refractivity contribution in [1.29, 1.82) is 0 Å². The average molecular weight is 244 g/mol. The van der Waals surface area contributed by atoms with Crippen LogP contribution in [0.25, 0.3) is 0 Å². The molecule has 15 heavy (non-hydrogen) atoms. The van der Waals surface area contributed by atoms with Gasteiger partial charge >= 0.3 is 0 Å². The zero-order valence-corrected chi connectivity index (χ0v) is 9.58. The standard InChI is InChI=1S/C10H10ClN3.ClH/c11-10-3-1-9(2-4-10)5-6-14-8-12-7-13-14;/h1-4,7-8H,5-6H2;1H. The summed E-state index contributed by atoms with van der Waals surface area (Å²) in [6.07, 6.45) is 4.21. The zero-order valence-electron chi connectivity index (χ0n) is 8.01. The minimum Gasteiger partial charge on any atom is -0.253 e. The highest BCUT2D eigenvalue weighted by molar-refractivity contribution is 6.30. The quantitative estimate of drug-likeness (QED) is 0.830. The van der Waals surface area contributed by atoms with E-state index in [0.717, 1.165) is 18.0 Å². The molecule has 0 spiro atoms. The molecule has 0 saturated carbocycles. The molecule has 0 radical (unpaired) electrons.